The molecule has 0 aliphatic rings. The Kier molecular flexibility index (Phi) is 15.1. The molecule has 74 heavy (non-hydrogen) atoms. The van der Waals surface area contributed by atoms with Crippen molar-refractivity contribution in [2.24, 2.45) is 0 Å². The first-order valence-electron chi connectivity index (χ1n) is 20.0. The molecule has 0 radical (unpaired) electrons. The molecule has 0 atom stereocenters. The fourth-order valence-electron chi connectivity index (χ4n) is 6.44. The number of hydrogen-bond donors (Lipinski definition) is 4. The summed E-state index contributed by atoms with van der Waals surface area (Å²) in [7, 11) is -8.55. The van der Waals surface area contributed by atoms with E-state index in [1.54, 1.807) is 12.1 Å². The molecule has 0 amide bonds. The summed E-state index contributed by atoms with van der Waals surface area (Å²) < 4.78 is 136. The fraction of sp³-hybridized carbons (Fsp3) is 0.0476. The van der Waals surface area contributed by atoms with Gasteiger partial charge in [-0.1, -0.05) is 69.9 Å². The van der Waals surface area contributed by atoms with E-state index in [2.05, 4.69) is 60.7 Å². The van der Waals surface area contributed by atoms with Crippen molar-refractivity contribution in [1.29, 1.82) is 0 Å². The number of benzene rings is 6. The maximum Gasteiger partial charge on any atom is 0.416 e. The summed E-state index contributed by atoms with van der Waals surface area (Å²) in [6, 6.07) is 24.2. The monoisotopic (exact) mass is 1200 g/mol. The second-order valence-corrected chi connectivity index (χ2v) is 24.4. The normalized spacial score (nSPS) is 12.2. The smallest absolute Gasteiger partial charge is 0.280 e. The highest BCUT2D eigenvalue weighted by Gasteiger charge is 2.33. The van der Waals surface area contributed by atoms with Crippen molar-refractivity contribution in [2.75, 3.05) is 9.44 Å². The van der Waals surface area contributed by atoms with Gasteiger partial charge in [-0.15, -0.1) is 32.9 Å². The highest BCUT2D eigenvalue weighted by atomic mass is 35.5. The third-order valence-corrected chi connectivity index (χ3v) is 18.7. The summed E-state index contributed by atoms with van der Waals surface area (Å²) in [4.78, 5) is 9.42. The Morgan fingerprint density at radius 2 is 0.905 bits per heavy atom. The number of tetrazole rings is 2. The van der Waals surface area contributed by atoms with Gasteiger partial charge in [0.15, 0.2) is 20.3 Å². The number of aromatic amines is 2. The zero-order valence-corrected chi connectivity index (χ0v) is 43.8. The molecule has 10 rings (SSSR count). The standard InChI is InChI=1S/2C21H11Cl2F3N6O2S3/c2*22-13-9-12(30-37(33,34)18-6-2-11(8-14(18)23)21(24,25)26)3-5-16(13)35-20-27-15-4-1-10(7-17(15)36-20)19-28-31-32-29-19/h2*1-9,30H,(H,28,29,31,32). The van der Waals surface area contributed by atoms with E-state index in [9.17, 15) is 43.2 Å². The van der Waals surface area contributed by atoms with Crippen LogP contribution < -0.4 is 9.44 Å². The van der Waals surface area contributed by atoms with Crippen molar-refractivity contribution in [3.8, 4) is 22.8 Å². The number of sulfonamides is 2. The van der Waals surface area contributed by atoms with Gasteiger partial charge in [-0.25, -0.2) is 37.0 Å². The first-order valence-corrected chi connectivity index (χ1v) is 27.8. The first kappa shape index (κ1) is 53.0. The Bertz CT molecular complexity index is 3710. The number of H-pyrrole nitrogens is 2. The maximum atomic E-state index is 12.9. The number of aromatic nitrogens is 10. The van der Waals surface area contributed by atoms with Crippen molar-refractivity contribution in [2.45, 2.75) is 40.6 Å². The molecule has 0 fully saturated rings. The molecular weight excluding hydrogens is 1180 g/mol. The van der Waals surface area contributed by atoms with E-state index >= 15 is 0 Å². The number of halogens is 10. The molecule has 0 saturated carbocycles. The number of nitrogens with zero attached hydrogens (tertiary/aromatic N) is 8. The van der Waals surface area contributed by atoms with E-state index in [0.29, 0.717) is 54.4 Å². The summed E-state index contributed by atoms with van der Waals surface area (Å²) in [6.45, 7) is 0. The molecule has 0 aliphatic heterocycles. The molecule has 0 spiro atoms. The van der Waals surface area contributed by atoms with Gasteiger partial charge in [0, 0.05) is 20.9 Å². The van der Waals surface area contributed by atoms with Crippen LogP contribution in [0.5, 0.6) is 0 Å². The van der Waals surface area contributed by atoms with Crippen molar-refractivity contribution in [3.63, 3.8) is 0 Å². The van der Waals surface area contributed by atoms with Crippen LogP contribution in [0, 0.1) is 0 Å². The van der Waals surface area contributed by atoms with Crippen molar-refractivity contribution in [3.05, 3.63) is 140 Å². The summed E-state index contributed by atoms with van der Waals surface area (Å²) in [6.07, 6.45) is -9.30. The lowest BCUT2D eigenvalue weighted by Crippen LogP contribution is -2.14. The highest BCUT2D eigenvalue weighted by Crippen LogP contribution is 2.42. The zero-order chi connectivity index (χ0) is 52.7. The minimum atomic E-state index is -4.65. The second-order valence-electron chi connectivity index (χ2n) is 14.8. The van der Waals surface area contributed by atoms with Crippen LogP contribution in [-0.2, 0) is 32.4 Å². The molecular formula is C42H22Cl4F6N12O4S6. The minimum absolute atomic E-state index is 0.111. The molecule has 6 aromatic carbocycles. The third-order valence-electron chi connectivity index (χ3n) is 9.84. The molecule has 4 aromatic heterocycles. The number of rotatable bonds is 12. The van der Waals surface area contributed by atoms with Crippen LogP contribution in [-0.4, -0.2) is 68.1 Å². The molecule has 0 bridgehead atoms. The average molecular weight is 1210 g/mol. The van der Waals surface area contributed by atoms with E-state index in [-0.39, 0.29) is 21.4 Å². The Morgan fingerprint density at radius 3 is 1.24 bits per heavy atom. The number of anilines is 2. The van der Waals surface area contributed by atoms with Gasteiger partial charge in [-0.05, 0) is 130 Å². The quantitative estimate of drug-likeness (QED) is 0.0835. The van der Waals surface area contributed by atoms with Crippen LogP contribution in [0.1, 0.15) is 11.1 Å². The van der Waals surface area contributed by atoms with Crippen LogP contribution in [0.4, 0.5) is 37.7 Å². The van der Waals surface area contributed by atoms with Crippen LogP contribution >= 0.6 is 92.6 Å². The van der Waals surface area contributed by atoms with Crippen LogP contribution in [0.3, 0.4) is 0 Å². The van der Waals surface area contributed by atoms with Gasteiger partial charge in [-0.3, -0.25) is 9.44 Å². The van der Waals surface area contributed by atoms with Crippen molar-refractivity contribution < 1.29 is 43.2 Å². The predicted octanol–water partition coefficient (Wildman–Crippen LogP) is 13.5. The summed E-state index contributed by atoms with van der Waals surface area (Å²) >= 11 is 29.9. The average Bonchev–Trinajstić information content (AvgIpc) is 4.18. The van der Waals surface area contributed by atoms with Gasteiger partial charge in [-0.2, -0.15) is 26.3 Å². The number of fused-ring (bicyclic) bond motifs is 2. The minimum Gasteiger partial charge on any atom is -0.280 e. The largest absolute Gasteiger partial charge is 0.416 e. The van der Waals surface area contributed by atoms with Crippen molar-refractivity contribution in [1.82, 2.24) is 51.2 Å². The van der Waals surface area contributed by atoms with Gasteiger partial charge in [0.1, 0.15) is 9.79 Å². The molecule has 4 N–H and O–H groups in total. The fourth-order valence-corrected chi connectivity index (χ4v) is 14.4. The van der Waals surface area contributed by atoms with E-state index in [1.807, 2.05) is 36.4 Å². The molecule has 0 saturated heterocycles. The Morgan fingerprint density at radius 1 is 0.500 bits per heavy atom. The molecule has 4 heterocycles. The molecule has 32 heteroatoms. The SMILES string of the molecule is O=S(=O)(Nc1ccc(Sc2nc3ccc(-c4nnn[nH]4)cc3s2)c(Cl)c1)c1ccc(C(F)(F)F)cc1Cl.O=S(=O)(Nc1ccc(Sc2nc3ccc(-c4nnn[nH]4)cc3s2)c(Cl)c1)c1ccc(C(F)(F)F)cc1Cl. The summed E-state index contributed by atoms with van der Waals surface area (Å²) in [5.41, 5.74) is 1.28. The molecule has 380 valence electrons. The summed E-state index contributed by atoms with van der Waals surface area (Å²) in [5.74, 6) is 1.06. The first-order chi connectivity index (χ1) is 35.0. The third kappa shape index (κ3) is 12.1. The molecule has 0 aliphatic carbocycles. The van der Waals surface area contributed by atoms with Gasteiger partial charge >= 0.3 is 12.4 Å². The van der Waals surface area contributed by atoms with Crippen molar-refractivity contribution >= 4 is 144 Å². The summed E-state index contributed by atoms with van der Waals surface area (Å²) in [5, 5.41) is 26.9. The van der Waals surface area contributed by atoms with Crippen LogP contribution in [0.25, 0.3) is 43.2 Å². The van der Waals surface area contributed by atoms with E-state index in [0.717, 1.165) is 43.7 Å². The van der Waals surface area contributed by atoms with E-state index in [4.69, 9.17) is 46.4 Å². The maximum absolute atomic E-state index is 12.9. The van der Waals surface area contributed by atoms with Gasteiger partial charge in [0.25, 0.3) is 20.0 Å². The number of alkyl halides is 6. The Labute approximate surface area is 448 Å². The molecule has 16 nitrogen and oxygen atoms in total. The number of hydrogen-bond acceptors (Lipinski definition) is 16. The lowest BCUT2D eigenvalue weighted by Gasteiger charge is -2.13. The Balaban J connectivity index is 0.000000182. The lowest BCUT2D eigenvalue weighted by atomic mass is 10.2. The number of nitrogens with one attached hydrogen (secondary N) is 4. The zero-order valence-electron chi connectivity index (χ0n) is 35.8. The van der Waals surface area contributed by atoms with Crippen LogP contribution in [0.15, 0.2) is 137 Å². The lowest BCUT2D eigenvalue weighted by molar-refractivity contribution is -0.138. The second kappa shape index (κ2) is 21.1. The van der Waals surface area contributed by atoms with Gasteiger partial charge < -0.3 is 0 Å². The molecule has 10 aromatic rings. The Hall–Kier alpha value is -5.82. The van der Waals surface area contributed by atoms with Crippen LogP contribution in [0.2, 0.25) is 20.1 Å². The molecule has 0 unspecified atom stereocenters. The van der Waals surface area contributed by atoms with Gasteiger partial charge in [0.05, 0.1) is 63.0 Å². The van der Waals surface area contributed by atoms with Gasteiger partial charge in [0.2, 0.25) is 0 Å². The topological polar surface area (TPSA) is 227 Å². The predicted molar refractivity (Wildman–Crippen MR) is 271 cm³/mol. The van der Waals surface area contributed by atoms with E-state index in [1.165, 1.54) is 70.5 Å². The number of thiazole rings is 2. The van der Waals surface area contributed by atoms with E-state index < -0.39 is 63.4 Å². The highest BCUT2D eigenvalue weighted by molar-refractivity contribution is 8.01.